The quantitative estimate of drug-likeness (QED) is 0.543. The van der Waals surface area contributed by atoms with E-state index in [1.54, 1.807) is 24.3 Å². The van der Waals surface area contributed by atoms with Crippen molar-refractivity contribution in [2.24, 2.45) is 0 Å². The van der Waals surface area contributed by atoms with Crippen molar-refractivity contribution in [2.45, 2.75) is 19.6 Å². The molecule has 2 aromatic carbocycles. The van der Waals surface area contributed by atoms with Crippen molar-refractivity contribution in [2.75, 3.05) is 20.3 Å². The van der Waals surface area contributed by atoms with Gasteiger partial charge in [-0.05, 0) is 30.7 Å². The summed E-state index contributed by atoms with van der Waals surface area (Å²) in [5.41, 5.74) is -2.26. The normalized spacial score (nSPS) is 11.4. The summed E-state index contributed by atoms with van der Waals surface area (Å²) in [7, 11) is 1.42. The maximum absolute atomic E-state index is 13.2. The van der Waals surface area contributed by atoms with Crippen LogP contribution in [0.3, 0.4) is 0 Å². The molecular formula is C22H21F3N4O4. The van der Waals surface area contributed by atoms with E-state index in [1.165, 1.54) is 13.2 Å². The summed E-state index contributed by atoms with van der Waals surface area (Å²) < 4.78 is 45.8. The first-order chi connectivity index (χ1) is 15.6. The summed E-state index contributed by atoms with van der Waals surface area (Å²) in [5, 5.41) is 6.25. The average molecular weight is 462 g/mol. The van der Waals surface area contributed by atoms with Gasteiger partial charge in [0.05, 0.1) is 24.4 Å². The first kappa shape index (κ1) is 23.9. The minimum absolute atomic E-state index is 0.0666. The third-order valence-corrected chi connectivity index (χ3v) is 4.75. The average Bonchev–Trinajstić information content (AvgIpc) is 2.77. The van der Waals surface area contributed by atoms with Crippen molar-refractivity contribution < 1.29 is 22.7 Å². The van der Waals surface area contributed by atoms with Gasteiger partial charge in [0.1, 0.15) is 0 Å². The number of ether oxygens (including phenoxy) is 1. The van der Waals surface area contributed by atoms with Crippen LogP contribution in [0.25, 0.3) is 5.69 Å². The number of benzene rings is 2. The van der Waals surface area contributed by atoms with Gasteiger partial charge in [-0.2, -0.15) is 23.0 Å². The Hall–Kier alpha value is -3.73. The standard InChI is InChI=1S/C22H21F3N4O4/c1-14-6-8-15(9-7-14)13-28-20(31)18(19(30)26-10-11-33-2)27-29(21(28)32)17-5-3-4-16(12-17)22(23,24)25/h3-9,12H,10-11,13H2,1-2H3,(H,26,30). The smallest absolute Gasteiger partial charge is 0.383 e. The van der Waals surface area contributed by atoms with Gasteiger partial charge in [-0.1, -0.05) is 35.9 Å². The molecule has 174 valence electrons. The fourth-order valence-corrected chi connectivity index (χ4v) is 3.01. The molecule has 1 N–H and O–H groups in total. The maximum atomic E-state index is 13.2. The Labute approximate surface area is 186 Å². The minimum atomic E-state index is -4.66. The molecule has 0 bridgehead atoms. The fraction of sp³-hybridized carbons (Fsp3) is 0.273. The zero-order valence-corrected chi connectivity index (χ0v) is 17.8. The van der Waals surface area contributed by atoms with Gasteiger partial charge < -0.3 is 10.1 Å². The van der Waals surface area contributed by atoms with E-state index in [0.717, 1.165) is 28.3 Å². The monoisotopic (exact) mass is 462 g/mol. The van der Waals surface area contributed by atoms with Gasteiger partial charge in [-0.3, -0.25) is 14.2 Å². The van der Waals surface area contributed by atoms with E-state index in [-0.39, 0.29) is 25.4 Å². The number of hydrogen-bond donors (Lipinski definition) is 1. The van der Waals surface area contributed by atoms with Crippen LogP contribution in [0.15, 0.2) is 58.1 Å². The molecule has 0 saturated carbocycles. The summed E-state index contributed by atoms with van der Waals surface area (Å²) in [5.74, 6) is -0.879. The summed E-state index contributed by atoms with van der Waals surface area (Å²) in [4.78, 5) is 38.6. The largest absolute Gasteiger partial charge is 0.416 e. The van der Waals surface area contributed by atoms with Crippen LogP contribution in [0, 0.1) is 6.92 Å². The Morgan fingerprint density at radius 3 is 2.45 bits per heavy atom. The number of rotatable bonds is 7. The molecule has 1 amide bonds. The number of aryl methyl sites for hydroxylation is 1. The number of amides is 1. The van der Waals surface area contributed by atoms with Gasteiger partial charge in [-0.25, -0.2) is 4.79 Å². The third kappa shape index (κ3) is 5.55. The molecule has 3 rings (SSSR count). The summed E-state index contributed by atoms with van der Waals surface area (Å²) in [6, 6.07) is 10.9. The Morgan fingerprint density at radius 1 is 1.12 bits per heavy atom. The fourth-order valence-electron chi connectivity index (χ4n) is 3.01. The van der Waals surface area contributed by atoms with E-state index < -0.39 is 34.6 Å². The SMILES string of the molecule is COCCNC(=O)c1nn(-c2cccc(C(F)(F)F)c2)c(=O)n(Cc2ccc(C)cc2)c1=O. The molecule has 3 aromatic rings. The first-order valence-electron chi connectivity index (χ1n) is 9.86. The molecule has 8 nitrogen and oxygen atoms in total. The highest BCUT2D eigenvalue weighted by atomic mass is 19.4. The summed E-state index contributed by atoms with van der Waals surface area (Å²) >= 11 is 0. The van der Waals surface area contributed by atoms with Gasteiger partial charge in [0.15, 0.2) is 0 Å². The zero-order chi connectivity index (χ0) is 24.2. The molecule has 0 aliphatic rings. The maximum Gasteiger partial charge on any atom is 0.416 e. The van der Waals surface area contributed by atoms with Crippen molar-refractivity contribution >= 4 is 5.91 Å². The second-order valence-electron chi connectivity index (χ2n) is 7.22. The number of hydrogen-bond acceptors (Lipinski definition) is 5. The molecule has 0 unspecified atom stereocenters. The Kier molecular flexibility index (Phi) is 7.12. The number of halogens is 3. The summed E-state index contributed by atoms with van der Waals surface area (Å²) in [6.45, 7) is 1.90. The van der Waals surface area contributed by atoms with E-state index in [4.69, 9.17) is 4.74 Å². The molecule has 0 aliphatic heterocycles. The van der Waals surface area contributed by atoms with Gasteiger partial charge in [-0.15, -0.1) is 0 Å². The van der Waals surface area contributed by atoms with Crippen LogP contribution in [-0.2, 0) is 17.5 Å². The number of methoxy groups -OCH3 is 1. The molecule has 0 spiro atoms. The number of nitrogens with one attached hydrogen (secondary N) is 1. The molecule has 0 radical (unpaired) electrons. The number of nitrogens with zero attached hydrogens (tertiary/aromatic N) is 3. The molecule has 0 fully saturated rings. The lowest BCUT2D eigenvalue weighted by molar-refractivity contribution is -0.137. The van der Waals surface area contributed by atoms with Crippen LogP contribution in [0.1, 0.15) is 27.2 Å². The molecule has 1 heterocycles. The van der Waals surface area contributed by atoms with E-state index in [2.05, 4.69) is 10.4 Å². The first-order valence-corrected chi connectivity index (χ1v) is 9.86. The number of carbonyl (C=O) groups is 1. The van der Waals surface area contributed by atoms with Crippen LogP contribution in [-0.4, -0.2) is 40.5 Å². The Balaban J connectivity index is 2.17. The molecule has 0 saturated heterocycles. The van der Waals surface area contributed by atoms with E-state index in [0.29, 0.717) is 10.2 Å². The van der Waals surface area contributed by atoms with Crippen LogP contribution in [0.5, 0.6) is 0 Å². The highest BCUT2D eigenvalue weighted by Crippen LogP contribution is 2.29. The lowest BCUT2D eigenvalue weighted by Crippen LogP contribution is -2.46. The number of carbonyl (C=O) groups excluding carboxylic acids is 1. The molecule has 11 heteroatoms. The van der Waals surface area contributed by atoms with Crippen LogP contribution < -0.4 is 16.6 Å². The van der Waals surface area contributed by atoms with Gasteiger partial charge in [0, 0.05) is 13.7 Å². The van der Waals surface area contributed by atoms with Gasteiger partial charge >= 0.3 is 11.9 Å². The van der Waals surface area contributed by atoms with Crippen molar-refractivity contribution in [1.82, 2.24) is 19.7 Å². The van der Waals surface area contributed by atoms with Crippen LogP contribution >= 0.6 is 0 Å². The molecule has 33 heavy (non-hydrogen) atoms. The van der Waals surface area contributed by atoms with Crippen molar-refractivity contribution in [1.29, 1.82) is 0 Å². The van der Waals surface area contributed by atoms with E-state index in [1.807, 2.05) is 6.92 Å². The predicted molar refractivity (Wildman–Crippen MR) is 114 cm³/mol. The topological polar surface area (TPSA) is 95.2 Å². The van der Waals surface area contributed by atoms with Crippen LogP contribution in [0.2, 0.25) is 0 Å². The minimum Gasteiger partial charge on any atom is -0.383 e. The summed E-state index contributed by atoms with van der Waals surface area (Å²) in [6.07, 6.45) is -4.66. The van der Waals surface area contributed by atoms with Crippen molar-refractivity contribution in [3.63, 3.8) is 0 Å². The second kappa shape index (κ2) is 9.82. The van der Waals surface area contributed by atoms with Crippen molar-refractivity contribution in [3.05, 3.63) is 91.8 Å². The van der Waals surface area contributed by atoms with E-state index >= 15 is 0 Å². The molecule has 0 aliphatic carbocycles. The molecular weight excluding hydrogens is 441 g/mol. The number of aromatic nitrogens is 3. The van der Waals surface area contributed by atoms with Gasteiger partial charge in [0.25, 0.3) is 11.5 Å². The second-order valence-corrected chi connectivity index (χ2v) is 7.22. The van der Waals surface area contributed by atoms with Gasteiger partial charge in [0.2, 0.25) is 5.69 Å². The molecule has 0 atom stereocenters. The Morgan fingerprint density at radius 2 is 1.82 bits per heavy atom. The highest BCUT2D eigenvalue weighted by Gasteiger charge is 2.31. The highest BCUT2D eigenvalue weighted by molar-refractivity contribution is 5.91. The Bertz CT molecular complexity index is 1260. The van der Waals surface area contributed by atoms with Crippen molar-refractivity contribution in [3.8, 4) is 5.69 Å². The number of alkyl halides is 3. The zero-order valence-electron chi connectivity index (χ0n) is 17.8. The lowest BCUT2D eigenvalue weighted by atomic mass is 10.1. The lowest BCUT2D eigenvalue weighted by Gasteiger charge is -2.14. The van der Waals surface area contributed by atoms with Crippen LogP contribution in [0.4, 0.5) is 13.2 Å². The van der Waals surface area contributed by atoms with E-state index in [9.17, 15) is 27.6 Å². The predicted octanol–water partition coefficient (Wildman–Crippen LogP) is 2.15. The molecule has 1 aromatic heterocycles. The third-order valence-electron chi connectivity index (χ3n) is 4.75.